The number of pyridine rings is 1. The lowest BCUT2D eigenvalue weighted by atomic mass is 10.2. The van der Waals surface area contributed by atoms with E-state index in [2.05, 4.69) is 10.3 Å². The van der Waals surface area contributed by atoms with Gasteiger partial charge in [0.15, 0.2) is 6.23 Å². The highest BCUT2D eigenvalue weighted by Crippen LogP contribution is 2.20. The molecular formula is C16H18N4O2. The minimum atomic E-state index is -0.835. The van der Waals surface area contributed by atoms with Crippen LogP contribution in [-0.4, -0.2) is 19.6 Å². The van der Waals surface area contributed by atoms with Crippen molar-refractivity contribution in [3.05, 3.63) is 60.0 Å². The molecule has 0 aliphatic carbocycles. The summed E-state index contributed by atoms with van der Waals surface area (Å²) in [7, 11) is 0. The van der Waals surface area contributed by atoms with Crippen molar-refractivity contribution in [3.8, 4) is 0 Å². The number of aliphatic hydroxyl groups is 2. The number of rotatable bonds is 4. The van der Waals surface area contributed by atoms with E-state index < -0.39 is 12.3 Å². The van der Waals surface area contributed by atoms with Gasteiger partial charge in [-0.05, 0) is 31.2 Å². The van der Waals surface area contributed by atoms with Crippen molar-refractivity contribution in [2.24, 2.45) is 0 Å². The van der Waals surface area contributed by atoms with Crippen molar-refractivity contribution in [2.75, 3.05) is 11.1 Å². The number of aromatic nitrogens is 2. The van der Waals surface area contributed by atoms with Crippen molar-refractivity contribution in [2.45, 2.75) is 19.3 Å². The zero-order valence-electron chi connectivity index (χ0n) is 12.1. The fourth-order valence-electron chi connectivity index (χ4n) is 2.22. The van der Waals surface area contributed by atoms with Crippen molar-refractivity contribution < 1.29 is 10.2 Å². The number of hydrogen-bond donors (Lipinski definition) is 4. The Morgan fingerprint density at radius 2 is 1.82 bits per heavy atom. The first-order valence-corrected chi connectivity index (χ1v) is 7.00. The van der Waals surface area contributed by atoms with Crippen LogP contribution in [0.15, 0.2) is 48.8 Å². The summed E-state index contributed by atoms with van der Waals surface area (Å²) >= 11 is 0. The molecule has 0 saturated heterocycles. The van der Waals surface area contributed by atoms with E-state index in [0.29, 0.717) is 11.4 Å². The van der Waals surface area contributed by atoms with Crippen molar-refractivity contribution >= 4 is 17.0 Å². The summed E-state index contributed by atoms with van der Waals surface area (Å²) in [4.78, 5) is 4.31. The van der Waals surface area contributed by atoms with E-state index in [0.717, 1.165) is 16.9 Å². The van der Waals surface area contributed by atoms with Crippen molar-refractivity contribution in [3.63, 3.8) is 0 Å². The maximum absolute atomic E-state index is 10.2. The molecular weight excluding hydrogens is 280 g/mol. The van der Waals surface area contributed by atoms with Gasteiger partial charge in [0.05, 0.1) is 17.5 Å². The lowest BCUT2D eigenvalue weighted by Crippen LogP contribution is -2.10. The van der Waals surface area contributed by atoms with Gasteiger partial charge >= 0.3 is 0 Å². The first kappa shape index (κ1) is 14.4. The number of imidazole rings is 1. The Balaban J connectivity index is 1.82. The Bertz CT molecular complexity index is 780. The lowest BCUT2D eigenvalue weighted by molar-refractivity contribution is 0.195. The molecule has 6 nitrogen and oxygen atoms in total. The molecule has 2 atom stereocenters. The van der Waals surface area contributed by atoms with Crippen LogP contribution in [0.25, 0.3) is 5.65 Å². The van der Waals surface area contributed by atoms with Crippen molar-refractivity contribution in [1.29, 1.82) is 0 Å². The first-order chi connectivity index (χ1) is 10.5. The summed E-state index contributed by atoms with van der Waals surface area (Å²) < 4.78 is 1.81. The predicted molar refractivity (Wildman–Crippen MR) is 85.3 cm³/mol. The van der Waals surface area contributed by atoms with Gasteiger partial charge in [0.1, 0.15) is 5.65 Å². The standard InChI is InChI=1S/C16H18N4O2/c1-10(21)14-9-20-8-13(6-7-15(20)19-14)18-16(22)11-2-4-12(17)5-3-11/h2-10,16,18,21-22H,17H2,1H3. The second kappa shape index (κ2) is 5.67. The molecule has 3 aromatic rings. The number of nitrogens with two attached hydrogens (primary N) is 1. The Morgan fingerprint density at radius 3 is 2.50 bits per heavy atom. The molecule has 0 bridgehead atoms. The van der Waals surface area contributed by atoms with E-state index >= 15 is 0 Å². The van der Waals surface area contributed by atoms with Gasteiger partial charge in [0.25, 0.3) is 0 Å². The number of anilines is 2. The van der Waals surface area contributed by atoms with E-state index in [9.17, 15) is 10.2 Å². The summed E-state index contributed by atoms with van der Waals surface area (Å²) in [5.41, 5.74) is 9.11. The second-order valence-electron chi connectivity index (χ2n) is 5.24. The third-order valence-electron chi connectivity index (χ3n) is 3.45. The minimum absolute atomic E-state index is 0.608. The van der Waals surface area contributed by atoms with E-state index in [-0.39, 0.29) is 0 Å². The number of nitrogens with one attached hydrogen (secondary N) is 1. The molecule has 3 rings (SSSR count). The molecule has 6 heteroatoms. The molecule has 0 saturated carbocycles. The molecule has 0 radical (unpaired) electrons. The van der Waals surface area contributed by atoms with Gasteiger partial charge in [-0.1, -0.05) is 12.1 Å². The summed E-state index contributed by atoms with van der Waals surface area (Å²) in [6.07, 6.45) is 2.13. The zero-order valence-corrected chi connectivity index (χ0v) is 12.1. The largest absolute Gasteiger partial charge is 0.399 e. The quantitative estimate of drug-likeness (QED) is 0.437. The summed E-state index contributed by atoms with van der Waals surface area (Å²) in [6.45, 7) is 1.67. The van der Waals surface area contributed by atoms with Crippen LogP contribution in [0.1, 0.15) is 30.5 Å². The third-order valence-corrected chi connectivity index (χ3v) is 3.45. The monoisotopic (exact) mass is 298 g/mol. The number of nitrogens with zero attached hydrogens (tertiary/aromatic N) is 2. The Kier molecular flexibility index (Phi) is 3.70. The molecule has 114 valence electrons. The van der Waals surface area contributed by atoms with E-state index in [1.807, 2.05) is 18.3 Å². The summed E-state index contributed by atoms with van der Waals surface area (Å²) in [5.74, 6) is 0. The smallest absolute Gasteiger partial charge is 0.150 e. The highest BCUT2D eigenvalue weighted by Gasteiger charge is 2.10. The summed E-state index contributed by atoms with van der Waals surface area (Å²) in [6, 6.07) is 10.7. The Morgan fingerprint density at radius 1 is 1.09 bits per heavy atom. The van der Waals surface area contributed by atoms with Gasteiger partial charge in [-0.25, -0.2) is 4.98 Å². The van der Waals surface area contributed by atoms with Gasteiger partial charge in [0, 0.05) is 23.6 Å². The first-order valence-electron chi connectivity index (χ1n) is 7.00. The molecule has 5 N–H and O–H groups in total. The number of nitrogen functional groups attached to an aromatic ring is 1. The van der Waals surface area contributed by atoms with E-state index in [1.54, 1.807) is 41.8 Å². The van der Waals surface area contributed by atoms with Crippen LogP contribution in [-0.2, 0) is 0 Å². The maximum atomic E-state index is 10.2. The predicted octanol–water partition coefficient (Wildman–Crippen LogP) is 2.07. The summed E-state index contributed by atoms with van der Waals surface area (Å²) in [5, 5.41) is 22.8. The van der Waals surface area contributed by atoms with Crippen LogP contribution < -0.4 is 11.1 Å². The average molecular weight is 298 g/mol. The van der Waals surface area contributed by atoms with Gasteiger partial charge < -0.3 is 25.7 Å². The fraction of sp³-hybridized carbons (Fsp3) is 0.188. The molecule has 0 fully saturated rings. The maximum Gasteiger partial charge on any atom is 0.150 e. The minimum Gasteiger partial charge on any atom is -0.399 e. The van der Waals surface area contributed by atoms with Crippen molar-refractivity contribution in [1.82, 2.24) is 9.38 Å². The second-order valence-corrected chi connectivity index (χ2v) is 5.24. The van der Waals surface area contributed by atoms with Crippen LogP contribution in [0.2, 0.25) is 0 Å². The molecule has 0 spiro atoms. The Hall–Kier alpha value is -2.57. The molecule has 2 heterocycles. The highest BCUT2D eigenvalue weighted by atomic mass is 16.3. The number of aliphatic hydroxyl groups excluding tert-OH is 2. The molecule has 0 amide bonds. The SMILES string of the molecule is CC(O)c1cn2cc(NC(O)c3ccc(N)cc3)ccc2n1. The third kappa shape index (κ3) is 2.88. The van der Waals surface area contributed by atoms with Crippen LogP contribution in [0.3, 0.4) is 0 Å². The fourth-order valence-corrected chi connectivity index (χ4v) is 2.22. The Labute approximate surface area is 127 Å². The van der Waals surface area contributed by atoms with Crippen LogP contribution in [0.5, 0.6) is 0 Å². The molecule has 22 heavy (non-hydrogen) atoms. The van der Waals surface area contributed by atoms with Crippen LogP contribution in [0.4, 0.5) is 11.4 Å². The zero-order chi connectivity index (χ0) is 15.7. The molecule has 0 aliphatic rings. The number of benzene rings is 1. The van der Waals surface area contributed by atoms with E-state index in [1.165, 1.54) is 0 Å². The molecule has 0 aliphatic heterocycles. The van der Waals surface area contributed by atoms with Gasteiger partial charge in [0.2, 0.25) is 0 Å². The van der Waals surface area contributed by atoms with Gasteiger partial charge in [-0.15, -0.1) is 0 Å². The molecule has 2 unspecified atom stereocenters. The van der Waals surface area contributed by atoms with Crippen LogP contribution in [0, 0.1) is 0 Å². The van der Waals surface area contributed by atoms with Gasteiger partial charge in [-0.2, -0.15) is 0 Å². The highest BCUT2D eigenvalue weighted by molar-refractivity contribution is 5.52. The van der Waals surface area contributed by atoms with Crippen LogP contribution >= 0.6 is 0 Å². The molecule has 2 aromatic heterocycles. The number of fused-ring (bicyclic) bond motifs is 1. The number of hydrogen-bond acceptors (Lipinski definition) is 5. The lowest BCUT2D eigenvalue weighted by Gasteiger charge is -2.14. The topological polar surface area (TPSA) is 95.8 Å². The average Bonchev–Trinajstić information content (AvgIpc) is 2.91. The van der Waals surface area contributed by atoms with Gasteiger partial charge in [-0.3, -0.25) is 0 Å². The molecule has 1 aromatic carbocycles. The van der Waals surface area contributed by atoms with E-state index in [4.69, 9.17) is 5.73 Å². The normalized spacial score (nSPS) is 14.0.